The average Bonchev–Trinajstić information content (AvgIpc) is 2.31. The summed E-state index contributed by atoms with van der Waals surface area (Å²) in [6, 6.07) is 3.74. The lowest BCUT2D eigenvalue weighted by atomic mass is 10.2. The summed E-state index contributed by atoms with van der Waals surface area (Å²) in [5, 5.41) is 3.59. The summed E-state index contributed by atoms with van der Waals surface area (Å²) in [6.45, 7) is 0.796. The Kier molecular flexibility index (Phi) is 5.15. The normalized spacial score (nSPS) is 10.8. The van der Waals surface area contributed by atoms with Crippen LogP contribution in [0.25, 0.3) is 6.08 Å². The Morgan fingerprint density at radius 1 is 1.31 bits per heavy atom. The van der Waals surface area contributed by atoms with E-state index < -0.39 is 0 Å². The number of halogens is 1. The van der Waals surface area contributed by atoms with Crippen LogP contribution in [-0.4, -0.2) is 27.8 Å². The molecule has 0 aliphatic carbocycles. The van der Waals surface area contributed by atoms with E-state index in [-0.39, 0.29) is 0 Å². The number of likely N-dealkylation sites (N-methyl/N-ethyl adjacent to an activating group) is 1. The minimum absolute atomic E-state index is 0.564. The second kappa shape index (κ2) is 6.40. The molecule has 0 saturated carbocycles. The van der Waals surface area contributed by atoms with Crippen LogP contribution in [0.1, 0.15) is 5.56 Å². The topological polar surface area (TPSA) is 30.5 Å². The molecule has 1 rings (SSSR count). The molecule has 4 heteroatoms. The second-order valence-electron chi connectivity index (χ2n) is 3.16. The van der Waals surface area contributed by atoms with Gasteiger partial charge in [-0.25, -0.2) is 0 Å². The predicted molar refractivity (Wildman–Crippen MR) is 67.5 cm³/mol. The van der Waals surface area contributed by atoms with Gasteiger partial charge in [0.15, 0.2) is 11.5 Å². The summed E-state index contributed by atoms with van der Waals surface area (Å²) in [5.74, 6) is 1.20. The standard InChI is InChI=1S/C12H16ClNO2/c1-14-8-4-5-9-6-7-10(15-2)12(16-3)11(9)13/h4-7,14H,8H2,1-3H3. The molecular formula is C12H16ClNO2. The summed E-state index contributed by atoms with van der Waals surface area (Å²) in [6.07, 6.45) is 3.94. The van der Waals surface area contributed by atoms with Gasteiger partial charge in [-0.05, 0) is 24.7 Å². The van der Waals surface area contributed by atoms with Crippen molar-refractivity contribution in [2.45, 2.75) is 0 Å². The van der Waals surface area contributed by atoms with Crippen LogP contribution < -0.4 is 14.8 Å². The molecule has 0 aliphatic rings. The molecule has 0 radical (unpaired) electrons. The highest BCUT2D eigenvalue weighted by molar-refractivity contribution is 6.33. The van der Waals surface area contributed by atoms with Gasteiger partial charge < -0.3 is 14.8 Å². The highest BCUT2D eigenvalue weighted by Gasteiger charge is 2.10. The highest BCUT2D eigenvalue weighted by Crippen LogP contribution is 2.37. The number of rotatable bonds is 5. The second-order valence-corrected chi connectivity index (χ2v) is 3.54. The Morgan fingerprint density at radius 2 is 2.06 bits per heavy atom. The van der Waals surface area contributed by atoms with E-state index in [9.17, 15) is 0 Å². The first-order valence-electron chi connectivity index (χ1n) is 4.96. The minimum Gasteiger partial charge on any atom is -0.493 e. The van der Waals surface area contributed by atoms with Gasteiger partial charge in [0.25, 0.3) is 0 Å². The van der Waals surface area contributed by atoms with Crippen molar-refractivity contribution < 1.29 is 9.47 Å². The number of methoxy groups -OCH3 is 2. The fraction of sp³-hybridized carbons (Fsp3) is 0.333. The van der Waals surface area contributed by atoms with Crippen LogP contribution >= 0.6 is 11.6 Å². The number of hydrogen-bond donors (Lipinski definition) is 1. The predicted octanol–water partition coefficient (Wildman–Crippen LogP) is 2.59. The van der Waals surface area contributed by atoms with E-state index in [2.05, 4.69) is 5.32 Å². The first-order valence-corrected chi connectivity index (χ1v) is 5.34. The number of benzene rings is 1. The Labute approximate surface area is 101 Å². The van der Waals surface area contributed by atoms with Gasteiger partial charge in [0.05, 0.1) is 19.2 Å². The van der Waals surface area contributed by atoms with Crippen molar-refractivity contribution in [2.24, 2.45) is 0 Å². The molecule has 0 aromatic heterocycles. The molecule has 16 heavy (non-hydrogen) atoms. The number of nitrogens with one attached hydrogen (secondary N) is 1. The van der Waals surface area contributed by atoms with Gasteiger partial charge in [-0.15, -0.1) is 0 Å². The third kappa shape index (κ3) is 2.90. The lowest BCUT2D eigenvalue weighted by molar-refractivity contribution is 0.355. The molecule has 0 unspecified atom stereocenters. The molecule has 3 nitrogen and oxygen atoms in total. The smallest absolute Gasteiger partial charge is 0.179 e. The van der Waals surface area contributed by atoms with E-state index in [1.165, 1.54) is 0 Å². The summed E-state index contributed by atoms with van der Waals surface area (Å²) in [7, 11) is 5.05. The van der Waals surface area contributed by atoms with Crippen LogP contribution in [0.2, 0.25) is 5.02 Å². The van der Waals surface area contributed by atoms with Gasteiger partial charge in [-0.3, -0.25) is 0 Å². The highest BCUT2D eigenvalue weighted by atomic mass is 35.5. The molecule has 0 aliphatic heterocycles. The van der Waals surface area contributed by atoms with Gasteiger partial charge in [0, 0.05) is 6.54 Å². The third-order valence-electron chi connectivity index (χ3n) is 2.13. The Balaban J connectivity index is 3.04. The van der Waals surface area contributed by atoms with Crippen LogP contribution in [0, 0.1) is 0 Å². The molecular weight excluding hydrogens is 226 g/mol. The van der Waals surface area contributed by atoms with Crippen molar-refractivity contribution in [3.63, 3.8) is 0 Å². The van der Waals surface area contributed by atoms with E-state index in [4.69, 9.17) is 21.1 Å². The van der Waals surface area contributed by atoms with Crippen LogP contribution in [0.15, 0.2) is 18.2 Å². The van der Waals surface area contributed by atoms with Gasteiger partial charge >= 0.3 is 0 Å². The molecule has 1 aromatic carbocycles. The molecule has 0 heterocycles. The molecule has 88 valence electrons. The summed E-state index contributed by atoms with van der Waals surface area (Å²) >= 11 is 6.20. The molecule has 0 saturated heterocycles. The SMILES string of the molecule is CNCC=Cc1ccc(OC)c(OC)c1Cl. The van der Waals surface area contributed by atoms with E-state index in [0.717, 1.165) is 12.1 Å². The maximum atomic E-state index is 6.20. The van der Waals surface area contributed by atoms with Crippen molar-refractivity contribution in [2.75, 3.05) is 27.8 Å². The zero-order chi connectivity index (χ0) is 12.0. The zero-order valence-corrected chi connectivity index (χ0v) is 10.5. The van der Waals surface area contributed by atoms with Crippen LogP contribution in [0.3, 0.4) is 0 Å². The van der Waals surface area contributed by atoms with Gasteiger partial charge in [0.1, 0.15) is 0 Å². The van der Waals surface area contributed by atoms with Crippen molar-refractivity contribution in [3.05, 3.63) is 28.8 Å². The van der Waals surface area contributed by atoms with E-state index >= 15 is 0 Å². The quantitative estimate of drug-likeness (QED) is 0.860. The van der Waals surface area contributed by atoms with Crippen molar-refractivity contribution in [1.82, 2.24) is 5.32 Å². The summed E-state index contributed by atoms with van der Waals surface area (Å²) < 4.78 is 10.4. The number of ether oxygens (including phenoxy) is 2. The van der Waals surface area contributed by atoms with Gasteiger partial charge in [-0.2, -0.15) is 0 Å². The maximum absolute atomic E-state index is 6.20. The third-order valence-corrected chi connectivity index (χ3v) is 2.52. The van der Waals surface area contributed by atoms with Gasteiger partial charge in [-0.1, -0.05) is 23.8 Å². The first-order chi connectivity index (χ1) is 7.74. The van der Waals surface area contributed by atoms with Crippen molar-refractivity contribution in [1.29, 1.82) is 0 Å². The molecule has 1 N–H and O–H groups in total. The minimum atomic E-state index is 0.564. The molecule has 0 bridgehead atoms. The van der Waals surface area contributed by atoms with Crippen LogP contribution in [-0.2, 0) is 0 Å². The Morgan fingerprint density at radius 3 is 2.62 bits per heavy atom. The van der Waals surface area contributed by atoms with Crippen molar-refractivity contribution in [3.8, 4) is 11.5 Å². The van der Waals surface area contributed by atoms with Crippen LogP contribution in [0.5, 0.6) is 11.5 Å². The fourth-order valence-electron chi connectivity index (χ4n) is 1.34. The summed E-state index contributed by atoms with van der Waals surface area (Å²) in [5.41, 5.74) is 0.912. The van der Waals surface area contributed by atoms with E-state index in [1.54, 1.807) is 14.2 Å². The van der Waals surface area contributed by atoms with Gasteiger partial charge in [0.2, 0.25) is 0 Å². The Bertz CT molecular complexity index is 378. The van der Waals surface area contributed by atoms with E-state index in [1.807, 2.05) is 31.3 Å². The van der Waals surface area contributed by atoms with E-state index in [0.29, 0.717) is 16.5 Å². The molecule has 0 atom stereocenters. The number of hydrogen-bond acceptors (Lipinski definition) is 3. The summed E-state index contributed by atoms with van der Waals surface area (Å²) in [4.78, 5) is 0. The monoisotopic (exact) mass is 241 g/mol. The fourth-order valence-corrected chi connectivity index (χ4v) is 1.63. The largest absolute Gasteiger partial charge is 0.493 e. The van der Waals surface area contributed by atoms with Crippen LogP contribution in [0.4, 0.5) is 0 Å². The molecule has 0 fully saturated rings. The molecule has 0 spiro atoms. The maximum Gasteiger partial charge on any atom is 0.179 e. The Hall–Kier alpha value is -1.19. The average molecular weight is 242 g/mol. The zero-order valence-electron chi connectivity index (χ0n) is 9.71. The first kappa shape index (κ1) is 12.9. The van der Waals surface area contributed by atoms with Crippen molar-refractivity contribution >= 4 is 17.7 Å². The molecule has 1 aromatic rings. The lowest BCUT2D eigenvalue weighted by Crippen LogP contribution is -2.03. The molecule has 0 amide bonds. The lowest BCUT2D eigenvalue weighted by Gasteiger charge is -2.10.